The van der Waals surface area contributed by atoms with Crippen LogP contribution in [0.25, 0.3) is 10.9 Å². The third-order valence-electron chi connectivity index (χ3n) is 6.76. The minimum atomic E-state index is -0.348. The summed E-state index contributed by atoms with van der Waals surface area (Å²) in [5.41, 5.74) is 3.92. The first kappa shape index (κ1) is 19.7. The number of esters is 2. The van der Waals surface area contributed by atoms with Gasteiger partial charge in [-0.05, 0) is 29.9 Å². The van der Waals surface area contributed by atoms with E-state index >= 15 is 0 Å². The smallest absolute Gasteiger partial charge is 0.333 e. The number of nitrogens with zero attached hydrogens (tertiary/aromatic N) is 1. The molecule has 1 fully saturated rings. The topological polar surface area (TPSA) is 71.6 Å². The third-order valence-corrected chi connectivity index (χ3v) is 6.76. The average Bonchev–Trinajstić information content (AvgIpc) is 3.14. The van der Waals surface area contributed by atoms with Gasteiger partial charge in [0.1, 0.15) is 6.04 Å². The van der Waals surface area contributed by atoms with Crippen molar-refractivity contribution in [3.63, 3.8) is 0 Å². The Morgan fingerprint density at radius 3 is 2.69 bits per heavy atom. The number of carbonyl (C=O) groups excluding carboxylic acids is 2. The highest BCUT2D eigenvalue weighted by molar-refractivity contribution is 5.89. The summed E-state index contributed by atoms with van der Waals surface area (Å²) in [6.07, 6.45) is 2.25. The zero-order chi connectivity index (χ0) is 20.7. The molecule has 6 nitrogen and oxygen atoms in total. The Kier molecular flexibility index (Phi) is 5.21. The quantitative estimate of drug-likeness (QED) is 0.634. The van der Waals surface area contributed by atoms with Crippen molar-refractivity contribution in [2.75, 3.05) is 20.8 Å². The first-order valence-corrected chi connectivity index (χ1v) is 10.2. The van der Waals surface area contributed by atoms with Gasteiger partial charge in [-0.2, -0.15) is 0 Å². The number of para-hydroxylation sites is 1. The van der Waals surface area contributed by atoms with Gasteiger partial charge in [-0.1, -0.05) is 38.1 Å². The van der Waals surface area contributed by atoms with Crippen molar-refractivity contribution in [3.05, 3.63) is 47.7 Å². The van der Waals surface area contributed by atoms with Crippen LogP contribution in [-0.4, -0.2) is 48.6 Å². The zero-order valence-electron chi connectivity index (χ0n) is 17.2. The molecule has 3 heterocycles. The Labute approximate surface area is 170 Å². The minimum Gasteiger partial charge on any atom is -0.468 e. The van der Waals surface area contributed by atoms with Crippen molar-refractivity contribution in [1.29, 1.82) is 0 Å². The number of hydrogen-bond acceptors (Lipinski definition) is 5. The SMILES string of the molecule is C=C(C(=O)OC)C1CC2c3[nH]c4ccccc4c3CC(C(=O)OC)N2CC1CC. The summed E-state index contributed by atoms with van der Waals surface area (Å²) in [6.45, 7) is 6.90. The molecule has 0 spiro atoms. The number of H-pyrrole nitrogens is 1. The third kappa shape index (κ3) is 3.15. The molecule has 4 unspecified atom stereocenters. The van der Waals surface area contributed by atoms with Crippen molar-refractivity contribution in [1.82, 2.24) is 9.88 Å². The van der Waals surface area contributed by atoms with Crippen LogP contribution in [0.15, 0.2) is 36.4 Å². The molecule has 154 valence electrons. The molecule has 6 heteroatoms. The van der Waals surface area contributed by atoms with Crippen molar-refractivity contribution in [2.24, 2.45) is 11.8 Å². The number of hydrogen-bond donors (Lipinski definition) is 1. The molecule has 0 saturated carbocycles. The number of fused-ring (bicyclic) bond motifs is 5. The van der Waals surface area contributed by atoms with E-state index in [1.807, 2.05) is 12.1 Å². The lowest BCUT2D eigenvalue weighted by atomic mass is 9.73. The summed E-state index contributed by atoms with van der Waals surface area (Å²) in [5, 5.41) is 1.15. The summed E-state index contributed by atoms with van der Waals surface area (Å²) in [4.78, 5) is 30.8. The highest BCUT2D eigenvalue weighted by Crippen LogP contribution is 2.47. The van der Waals surface area contributed by atoms with Gasteiger partial charge < -0.3 is 14.5 Å². The van der Waals surface area contributed by atoms with Crippen LogP contribution in [0.1, 0.15) is 37.1 Å². The van der Waals surface area contributed by atoms with Gasteiger partial charge in [0.05, 0.1) is 20.3 Å². The molecule has 0 amide bonds. The first-order valence-electron chi connectivity index (χ1n) is 10.2. The lowest BCUT2D eigenvalue weighted by Crippen LogP contribution is -2.54. The molecule has 0 aliphatic carbocycles. The molecular weight excluding hydrogens is 368 g/mol. The summed E-state index contributed by atoms with van der Waals surface area (Å²) in [6, 6.07) is 7.87. The molecule has 1 aromatic carbocycles. The maximum atomic E-state index is 12.7. The number of carbonyl (C=O) groups is 2. The van der Waals surface area contributed by atoms with Crippen LogP contribution < -0.4 is 0 Å². The predicted octanol–water partition coefficient (Wildman–Crippen LogP) is 3.38. The van der Waals surface area contributed by atoms with E-state index in [4.69, 9.17) is 9.47 Å². The second-order valence-electron chi connectivity index (χ2n) is 8.05. The highest BCUT2D eigenvalue weighted by atomic mass is 16.5. The number of ether oxygens (including phenoxy) is 2. The normalized spacial score (nSPS) is 26.4. The maximum absolute atomic E-state index is 12.7. The van der Waals surface area contributed by atoms with E-state index in [2.05, 4.69) is 35.5 Å². The number of piperidine rings is 1. The van der Waals surface area contributed by atoms with Crippen LogP contribution >= 0.6 is 0 Å². The van der Waals surface area contributed by atoms with E-state index in [1.54, 1.807) is 0 Å². The van der Waals surface area contributed by atoms with E-state index in [0.717, 1.165) is 36.0 Å². The van der Waals surface area contributed by atoms with Gasteiger partial charge in [0, 0.05) is 35.1 Å². The van der Waals surface area contributed by atoms with Crippen LogP contribution in [0, 0.1) is 11.8 Å². The molecule has 1 saturated heterocycles. The Morgan fingerprint density at radius 2 is 2.00 bits per heavy atom. The van der Waals surface area contributed by atoms with E-state index in [1.165, 1.54) is 19.8 Å². The van der Waals surface area contributed by atoms with E-state index in [0.29, 0.717) is 12.0 Å². The van der Waals surface area contributed by atoms with Gasteiger partial charge in [0.2, 0.25) is 0 Å². The summed E-state index contributed by atoms with van der Waals surface area (Å²) in [7, 11) is 2.85. The minimum absolute atomic E-state index is 0.00413. The molecule has 2 aliphatic rings. The predicted molar refractivity (Wildman–Crippen MR) is 110 cm³/mol. The number of benzene rings is 1. The Hall–Kier alpha value is -2.60. The van der Waals surface area contributed by atoms with E-state index in [9.17, 15) is 9.59 Å². The molecule has 2 aliphatic heterocycles. The molecule has 0 bridgehead atoms. The average molecular weight is 396 g/mol. The molecule has 1 aromatic heterocycles. The largest absolute Gasteiger partial charge is 0.468 e. The summed E-state index contributed by atoms with van der Waals surface area (Å²) in [5.74, 6) is -0.301. The molecular formula is C23H28N2O4. The maximum Gasteiger partial charge on any atom is 0.333 e. The summed E-state index contributed by atoms with van der Waals surface area (Å²) >= 11 is 0. The Balaban J connectivity index is 1.80. The van der Waals surface area contributed by atoms with Gasteiger partial charge in [0.15, 0.2) is 0 Å². The fraction of sp³-hybridized carbons (Fsp3) is 0.478. The van der Waals surface area contributed by atoms with Crippen LogP contribution in [0.2, 0.25) is 0 Å². The molecule has 4 atom stereocenters. The Morgan fingerprint density at radius 1 is 1.24 bits per heavy atom. The van der Waals surface area contributed by atoms with Crippen molar-refractivity contribution in [3.8, 4) is 0 Å². The highest BCUT2D eigenvalue weighted by Gasteiger charge is 2.47. The number of nitrogens with one attached hydrogen (secondary N) is 1. The first-order chi connectivity index (χ1) is 14.0. The summed E-state index contributed by atoms with van der Waals surface area (Å²) < 4.78 is 10.1. The van der Waals surface area contributed by atoms with Gasteiger partial charge in [-0.3, -0.25) is 9.69 Å². The fourth-order valence-electron chi connectivity index (χ4n) is 5.24. The monoisotopic (exact) mass is 396 g/mol. The van der Waals surface area contributed by atoms with Gasteiger partial charge >= 0.3 is 11.9 Å². The number of aromatic amines is 1. The van der Waals surface area contributed by atoms with Gasteiger partial charge in [-0.15, -0.1) is 0 Å². The number of aromatic nitrogens is 1. The molecule has 2 aromatic rings. The van der Waals surface area contributed by atoms with Crippen molar-refractivity contribution in [2.45, 2.75) is 38.3 Å². The second-order valence-corrected chi connectivity index (χ2v) is 8.05. The fourth-order valence-corrected chi connectivity index (χ4v) is 5.24. The van der Waals surface area contributed by atoms with E-state index in [-0.39, 0.29) is 35.9 Å². The van der Waals surface area contributed by atoms with Crippen molar-refractivity contribution >= 4 is 22.8 Å². The van der Waals surface area contributed by atoms with Crippen molar-refractivity contribution < 1.29 is 19.1 Å². The molecule has 0 radical (unpaired) electrons. The molecule has 1 N–H and O–H groups in total. The second kappa shape index (κ2) is 7.67. The van der Waals surface area contributed by atoms with Crippen LogP contribution in [0.3, 0.4) is 0 Å². The van der Waals surface area contributed by atoms with Gasteiger partial charge in [-0.25, -0.2) is 4.79 Å². The van der Waals surface area contributed by atoms with E-state index < -0.39 is 0 Å². The Bertz CT molecular complexity index is 963. The molecule has 4 rings (SSSR count). The lowest BCUT2D eigenvalue weighted by molar-refractivity contribution is -0.151. The van der Waals surface area contributed by atoms with Crippen LogP contribution in [0.5, 0.6) is 0 Å². The number of methoxy groups -OCH3 is 2. The lowest BCUT2D eigenvalue weighted by Gasteiger charge is -2.49. The van der Waals surface area contributed by atoms with Crippen LogP contribution in [0.4, 0.5) is 0 Å². The number of rotatable bonds is 4. The standard InChI is InChI=1S/C23H28N2O4/c1-5-14-12-25-19(10-16(14)13(2)22(26)28-3)21-17(11-20(25)23(27)29-4)15-8-6-7-9-18(15)24-21/h6-9,14,16,19-20,24H,2,5,10-12H2,1,3-4H3. The zero-order valence-corrected chi connectivity index (χ0v) is 17.2. The molecule has 29 heavy (non-hydrogen) atoms. The van der Waals surface area contributed by atoms with Crippen LogP contribution in [-0.2, 0) is 25.5 Å². The van der Waals surface area contributed by atoms with Gasteiger partial charge in [0.25, 0.3) is 0 Å².